The molecule has 2 aliphatic heterocycles. The molecule has 1 spiro atoms. The maximum atomic E-state index is 16.7. The highest BCUT2D eigenvalue weighted by atomic mass is 19.3. The van der Waals surface area contributed by atoms with Crippen molar-refractivity contribution in [2.45, 2.75) is 102 Å². The molecule has 4 fully saturated rings. The lowest BCUT2D eigenvalue weighted by Gasteiger charge is -2.37. The number of hydrogen-bond donors (Lipinski definition) is 4. The van der Waals surface area contributed by atoms with Gasteiger partial charge < -0.3 is 34.6 Å². The molecule has 3 aliphatic carbocycles. The summed E-state index contributed by atoms with van der Waals surface area (Å²) in [6, 6.07) is 14.7. The summed E-state index contributed by atoms with van der Waals surface area (Å²) in [7, 11) is 2.88. The number of carbonyl (C=O) groups is 3. The largest absolute Gasteiger partial charge is 0.453 e. The Kier molecular flexibility index (Phi) is 10.4. The molecule has 3 aromatic carbocycles. The number of aromatic amines is 2. The number of aromatic nitrogens is 4. The van der Waals surface area contributed by atoms with Gasteiger partial charge in [0.25, 0.3) is 5.92 Å². The van der Waals surface area contributed by atoms with Crippen molar-refractivity contribution < 1.29 is 32.6 Å². The van der Waals surface area contributed by atoms with Gasteiger partial charge in [-0.1, -0.05) is 58.0 Å². The van der Waals surface area contributed by atoms with E-state index in [0.29, 0.717) is 46.2 Å². The highest BCUT2D eigenvalue weighted by Gasteiger charge is 2.55. The van der Waals surface area contributed by atoms with Crippen molar-refractivity contribution in [2.24, 2.45) is 23.2 Å². The summed E-state index contributed by atoms with van der Waals surface area (Å²) in [5.41, 5.74) is 4.99. The summed E-state index contributed by atoms with van der Waals surface area (Å²) in [6.45, 7) is 8.68. The van der Waals surface area contributed by atoms with Gasteiger partial charge in [-0.25, -0.2) is 14.8 Å². The molecule has 13 nitrogen and oxygen atoms in total. The highest BCUT2D eigenvalue weighted by molar-refractivity contribution is 5.88. The van der Waals surface area contributed by atoms with Gasteiger partial charge in [-0.05, 0) is 108 Å². The molecular weight excluding hydrogens is 819 g/mol. The Bertz CT molecular complexity index is 2650. The Morgan fingerprint density at radius 2 is 1.55 bits per heavy atom. The number of rotatable bonds is 12. The number of likely N-dealkylation sites (tertiary alicyclic amines) is 2. The van der Waals surface area contributed by atoms with Crippen LogP contribution in [0.5, 0.6) is 0 Å². The van der Waals surface area contributed by atoms with Crippen molar-refractivity contribution in [2.75, 3.05) is 27.5 Å². The average Bonchev–Trinajstić information content (AvgIpc) is 3.94. The molecule has 15 heteroatoms. The van der Waals surface area contributed by atoms with Crippen LogP contribution in [0.25, 0.3) is 44.5 Å². The van der Waals surface area contributed by atoms with Crippen LogP contribution >= 0.6 is 0 Å². The van der Waals surface area contributed by atoms with E-state index in [4.69, 9.17) is 19.4 Å². The number of nitrogens with zero attached hydrogens (tertiary/aromatic N) is 4. The minimum Gasteiger partial charge on any atom is -0.453 e. The van der Waals surface area contributed by atoms with E-state index in [1.54, 1.807) is 37.6 Å². The quantitative estimate of drug-likeness (QED) is 0.0911. The first-order valence-electron chi connectivity index (χ1n) is 22.6. The van der Waals surface area contributed by atoms with Crippen LogP contribution in [0.3, 0.4) is 0 Å². The van der Waals surface area contributed by atoms with Gasteiger partial charge in [0.05, 0.1) is 54.9 Å². The van der Waals surface area contributed by atoms with Crippen LogP contribution in [0.4, 0.5) is 13.6 Å². The Labute approximate surface area is 371 Å². The zero-order valence-corrected chi connectivity index (χ0v) is 37.1. The molecule has 4 heterocycles. The van der Waals surface area contributed by atoms with Crippen LogP contribution in [-0.4, -0.2) is 93.3 Å². The lowest BCUT2D eigenvalue weighted by molar-refractivity contribution is -0.140. The molecule has 2 saturated carbocycles. The van der Waals surface area contributed by atoms with Crippen LogP contribution in [0.2, 0.25) is 0 Å². The van der Waals surface area contributed by atoms with Crippen LogP contribution in [-0.2, 0) is 25.0 Å². The summed E-state index contributed by atoms with van der Waals surface area (Å²) in [5.74, 6) is -1.84. The lowest BCUT2D eigenvalue weighted by Crippen LogP contribution is -2.52. The van der Waals surface area contributed by atoms with E-state index in [1.165, 1.54) is 7.11 Å². The molecule has 2 bridgehead atoms. The van der Waals surface area contributed by atoms with Gasteiger partial charge in [-0.2, -0.15) is 8.78 Å². The van der Waals surface area contributed by atoms with Gasteiger partial charge in [0.2, 0.25) is 11.8 Å². The minimum absolute atomic E-state index is 0.0197. The first kappa shape index (κ1) is 42.3. The normalized spacial score (nSPS) is 23.3. The van der Waals surface area contributed by atoms with Crippen molar-refractivity contribution in [1.29, 1.82) is 0 Å². The van der Waals surface area contributed by atoms with Crippen molar-refractivity contribution in [3.63, 3.8) is 0 Å². The number of ether oxygens (including phenoxy) is 2. The van der Waals surface area contributed by atoms with E-state index in [0.717, 1.165) is 60.9 Å². The maximum Gasteiger partial charge on any atom is 0.407 e. The van der Waals surface area contributed by atoms with E-state index >= 15 is 8.78 Å². The first-order valence-corrected chi connectivity index (χ1v) is 22.6. The molecule has 0 radical (unpaired) electrons. The Morgan fingerprint density at radius 3 is 2.23 bits per heavy atom. The number of alkyl halides is 2. The van der Waals surface area contributed by atoms with Crippen molar-refractivity contribution in [3.8, 4) is 33.5 Å². The third-order valence-electron chi connectivity index (χ3n) is 14.7. The second-order valence-electron chi connectivity index (χ2n) is 19.5. The number of piperidine rings is 1. The van der Waals surface area contributed by atoms with Gasteiger partial charge in [0, 0.05) is 36.4 Å². The smallest absolute Gasteiger partial charge is 0.407 e. The fraction of sp³-hybridized carbons (Fsp3) is 0.490. The van der Waals surface area contributed by atoms with Crippen LogP contribution in [0.1, 0.15) is 101 Å². The van der Waals surface area contributed by atoms with Crippen molar-refractivity contribution >= 4 is 28.9 Å². The predicted octanol–water partition coefficient (Wildman–Crippen LogP) is 8.44. The second kappa shape index (κ2) is 15.8. The Morgan fingerprint density at radius 1 is 0.859 bits per heavy atom. The summed E-state index contributed by atoms with van der Waals surface area (Å²) in [5, 5.41) is 5.98. The number of alkyl carbamates (subject to hydrolysis) is 1. The summed E-state index contributed by atoms with van der Waals surface area (Å²) in [6.07, 6.45) is 6.70. The van der Waals surface area contributed by atoms with Crippen LogP contribution < -0.4 is 10.6 Å². The van der Waals surface area contributed by atoms with E-state index in [1.807, 2.05) is 67.8 Å². The van der Waals surface area contributed by atoms with Gasteiger partial charge in [0.15, 0.2) is 0 Å². The van der Waals surface area contributed by atoms with Gasteiger partial charge in [0.1, 0.15) is 17.7 Å². The fourth-order valence-corrected chi connectivity index (χ4v) is 11.1. The molecular formula is C49H56F2N8O5. The number of nitrogens with one attached hydrogen (secondary N) is 4. The van der Waals surface area contributed by atoms with Crippen LogP contribution in [0.15, 0.2) is 60.8 Å². The molecule has 5 aromatic rings. The standard InChI is InChI=1S/C49H56F2N8O5/c1-25(2)40(53-24-63-5)46(61)59-31-11-7-30(17-31)42(59)44-54-36-14-10-28(20-37(36)55-44)27-8-12-32-33-13-9-29(19-35(33)49(50,51)34(32)18-27)38-22-52-43(56-38)39-21-48(15-16-48)23-58(39)45(60)41(26(3)4)57-47(62)64-6/h8-10,12-14,18-20,22,25-26,30-31,39-42,53H,7,11,15-17,21,23-24H2,1-6H3,(H,52,56)(H,54,55)(H,57,62)/t30-,31?,39-,40-,41-,42?/m0/s1. The second-order valence-corrected chi connectivity index (χ2v) is 19.5. The van der Waals surface area contributed by atoms with Crippen LogP contribution in [0, 0.1) is 23.2 Å². The number of carbonyl (C=O) groups excluding carboxylic acids is 3. The number of methoxy groups -OCH3 is 2. The minimum atomic E-state index is -3.26. The van der Waals surface area contributed by atoms with E-state index in [-0.39, 0.29) is 71.1 Å². The van der Waals surface area contributed by atoms with E-state index in [9.17, 15) is 14.4 Å². The zero-order chi connectivity index (χ0) is 44.8. The monoisotopic (exact) mass is 874 g/mol. The Hall–Kier alpha value is -5.67. The van der Waals surface area contributed by atoms with E-state index < -0.39 is 18.1 Å². The molecule has 4 N–H and O–H groups in total. The van der Waals surface area contributed by atoms with Crippen molar-refractivity contribution in [1.82, 2.24) is 40.4 Å². The third-order valence-corrected chi connectivity index (χ3v) is 14.7. The average molecular weight is 875 g/mol. The maximum absolute atomic E-state index is 16.7. The Balaban J connectivity index is 0.896. The number of fused-ring (bicyclic) bond motifs is 6. The number of amides is 3. The number of halogens is 2. The van der Waals surface area contributed by atoms with Gasteiger partial charge in [-0.3, -0.25) is 14.9 Å². The SMILES string of the molecule is COCN[C@H](C(=O)N1C2CC[C@@H](C2)C1c1nc2ccc(-c3ccc4c(c3)C(F)(F)c3cc(-c5cnc([C@@H]6CC7(CC7)CN6C(=O)[C@@H](NC(=O)OC)C(C)C)[nH]5)ccc3-4)cc2[nH]1)C(C)C. The molecule has 2 unspecified atom stereocenters. The highest BCUT2D eigenvalue weighted by Crippen LogP contribution is 2.59. The molecule has 336 valence electrons. The first-order chi connectivity index (χ1) is 30.7. The number of H-pyrrole nitrogens is 2. The topological polar surface area (TPSA) is 158 Å². The zero-order valence-electron chi connectivity index (χ0n) is 37.1. The molecule has 6 atom stereocenters. The molecule has 5 aliphatic rings. The van der Waals surface area contributed by atoms with Gasteiger partial charge in [-0.15, -0.1) is 0 Å². The van der Waals surface area contributed by atoms with E-state index in [2.05, 4.69) is 20.6 Å². The molecule has 10 rings (SSSR count). The summed E-state index contributed by atoms with van der Waals surface area (Å²) < 4.78 is 43.4. The summed E-state index contributed by atoms with van der Waals surface area (Å²) >= 11 is 0. The fourth-order valence-electron chi connectivity index (χ4n) is 11.1. The molecule has 2 aromatic heterocycles. The number of benzene rings is 3. The van der Waals surface area contributed by atoms with Gasteiger partial charge >= 0.3 is 6.09 Å². The molecule has 2 saturated heterocycles. The van der Waals surface area contributed by atoms with Crippen molar-refractivity contribution in [3.05, 3.63) is 83.6 Å². The molecule has 64 heavy (non-hydrogen) atoms. The summed E-state index contributed by atoms with van der Waals surface area (Å²) in [4.78, 5) is 60.7. The number of imidazole rings is 2. The lowest BCUT2D eigenvalue weighted by atomic mass is 9.95. The molecule has 3 amide bonds. The number of hydrogen-bond acceptors (Lipinski definition) is 8. The predicted molar refractivity (Wildman–Crippen MR) is 237 cm³/mol. The third kappa shape index (κ3) is 7.06.